The summed E-state index contributed by atoms with van der Waals surface area (Å²) in [7, 11) is 0. The zero-order valence-corrected chi connectivity index (χ0v) is 12.8. The smallest absolute Gasteiger partial charge is 0.347 e. The molecular formula is C17H24O3. The standard InChI is InChI=1S/C17H24O3/c1-12-9-10-17(4,11-12)13-5-7-14(8-6-13)20-16(2,3)15(18)19/h5-8,12H,9-11H2,1-4H3,(H,18,19)/t12-,17+/m1/s1. The van der Waals surface area contributed by atoms with Crippen LogP contribution in [0.2, 0.25) is 0 Å². The van der Waals surface area contributed by atoms with E-state index in [2.05, 4.69) is 26.0 Å². The second kappa shape index (κ2) is 5.12. The fourth-order valence-electron chi connectivity index (χ4n) is 3.06. The van der Waals surface area contributed by atoms with Gasteiger partial charge in [-0.3, -0.25) is 0 Å². The van der Waals surface area contributed by atoms with Crippen LogP contribution in [0.15, 0.2) is 24.3 Å². The number of benzene rings is 1. The molecule has 2 atom stereocenters. The molecule has 110 valence electrons. The van der Waals surface area contributed by atoms with E-state index in [0.29, 0.717) is 5.75 Å². The van der Waals surface area contributed by atoms with Crippen LogP contribution in [0.5, 0.6) is 5.75 Å². The summed E-state index contributed by atoms with van der Waals surface area (Å²) in [5, 5.41) is 9.07. The Morgan fingerprint density at radius 1 is 1.35 bits per heavy atom. The van der Waals surface area contributed by atoms with Crippen molar-refractivity contribution >= 4 is 5.97 Å². The maximum Gasteiger partial charge on any atom is 0.347 e. The van der Waals surface area contributed by atoms with E-state index in [-0.39, 0.29) is 5.41 Å². The van der Waals surface area contributed by atoms with E-state index in [1.165, 1.54) is 24.8 Å². The molecule has 0 saturated heterocycles. The molecule has 1 aliphatic rings. The first-order valence-electron chi connectivity index (χ1n) is 7.26. The Hall–Kier alpha value is -1.51. The van der Waals surface area contributed by atoms with Crippen molar-refractivity contribution in [3.63, 3.8) is 0 Å². The Bertz CT molecular complexity index is 489. The van der Waals surface area contributed by atoms with E-state index < -0.39 is 11.6 Å². The summed E-state index contributed by atoms with van der Waals surface area (Å²) in [5.41, 5.74) is 0.371. The van der Waals surface area contributed by atoms with E-state index in [1.54, 1.807) is 13.8 Å². The van der Waals surface area contributed by atoms with Gasteiger partial charge in [-0.05, 0) is 62.1 Å². The summed E-state index contributed by atoms with van der Waals surface area (Å²) < 4.78 is 5.54. The van der Waals surface area contributed by atoms with E-state index in [0.717, 1.165) is 5.92 Å². The van der Waals surface area contributed by atoms with Crippen molar-refractivity contribution in [1.82, 2.24) is 0 Å². The molecule has 1 saturated carbocycles. The molecule has 0 radical (unpaired) electrons. The van der Waals surface area contributed by atoms with Crippen molar-refractivity contribution < 1.29 is 14.6 Å². The Morgan fingerprint density at radius 3 is 2.40 bits per heavy atom. The lowest BCUT2D eigenvalue weighted by atomic mass is 9.80. The van der Waals surface area contributed by atoms with E-state index in [9.17, 15) is 4.79 Å². The Labute approximate surface area is 121 Å². The maximum atomic E-state index is 11.1. The van der Waals surface area contributed by atoms with Crippen molar-refractivity contribution in [2.45, 2.75) is 58.0 Å². The summed E-state index contributed by atoms with van der Waals surface area (Å²) in [6.07, 6.45) is 3.71. The fourth-order valence-corrected chi connectivity index (χ4v) is 3.06. The maximum absolute atomic E-state index is 11.1. The van der Waals surface area contributed by atoms with Gasteiger partial charge in [-0.1, -0.05) is 26.0 Å². The molecule has 1 aliphatic carbocycles. The van der Waals surface area contributed by atoms with Crippen molar-refractivity contribution in [2.24, 2.45) is 5.92 Å². The van der Waals surface area contributed by atoms with Crippen molar-refractivity contribution in [2.75, 3.05) is 0 Å². The minimum absolute atomic E-state index is 0.250. The molecule has 3 heteroatoms. The van der Waals surface area contributed by atoms with Crippen molar-refractivity contribution in [3.8, 4) is 5.75 Å². The highest BCUT2D eigenvalue weighted by molar-refractivity contribution is 5.76. The first-order chi connectivity index (χ1) is 9.23. The lowest BCUT2D eigenvalue weighted by molar-refractivity contribution is -0.152. The molecule has 1 fully saturated rings. The van der Waals surface area contributed by atoms with Gasteiger partial charge in [0.2, 0.25) is 0 Å². The highest BCUT2D eigenvalue weighted by Gasteiger charge is 2.34. The van der Waals surface area contributed by atoms with Crippen LogP contribution >= 0.6 is 0 Å². The molecule has 0 unspecified atom stereocenters. The number of carboxylic acids is 1. The van der Waals surface area contributed by atoms with Crippen molar-refractivity contribution in [3.05, 3.63) is 29.8 Å². The minimum Gasteiger partial charge on any atom is -0.478 e. The molecular weight excluding hydrogens is 252 g/mol. The number of carbonyl (C=O) groups is 1. The zero-order valence-electron chi connectivity index (χ0n) is 12.8. The van der Waals surface area contributed by atoms with Gasteiger partial charge >= 0.3 is 5.97 Å². The second-order valence-corrected chi connectivity index (χ2v) is 6.85. The SMILES string of the molecule is C[C@@H]1CC[C@](C)(c2ccc(OC(C)(C)C(=O)O)cc2)C1. The monoisotopic (exact) mass is 276 g/mol. The third-order valence-corrected chi connectivity index (χ3v) is 4.43. The quantitative estimate of drug-likeness (QED) is 0.904. The number of carboxylic acid groups (broad SMARTS) is 1. The number of hydrogen-bond donors (Lipinski definition) is 1. The Kier molecular flexibility index (Phi) is 3.81. The summed E-state index contributed by atoms with van der Waals surface area (Å²) in [6.45, 7) is 7.73. The van der Waals surface area contributed by atoms with Crippen LogP contribution in [-0.2, 0) is 10.2 Å². The largest absolute Gasteiger partial charge is 0.478 e. The summed E-state index contributed by atoms with van der Waals surface area (Å²) in [6, 6.07) is 7.92. The summed E-state index contributed by atoms with van der Waals surface area (Å²) in [5.74, 6) is 0.427. The lowest BCUT2D eigenvalue weighted by Crippen LogP contribution is -2.37. The lowest BCUT2D eigenvalue weighted by Gasteiger charge is -2.26. The molecule has 0 aromatic heterocycles. The van der Waals surface area contributed by atoms with Gasteiger partial charge in [-0.15, -0.1) is 0 Å². The molecule has 0 aliphatic heterocycles. The first-order valence-corrected chi connectivity index (χ1v) is 7.26. The number of ether oxygens (including phenoxy) is 1. The molecule has 2 rings (SSSR count). The van der Waals surface area contributed by atoms with Crippen LogP contribution in [-0.4, -0.2) is 16.7 Å². The molecule has 3 nitrogen and oxygen atoms in total. The summed E-state index contributed by atoms with van der Waals surface area (Å²) in [4.78, 5) is 11.1. The molecule has 0 heterocycles. The van der Waals surface area contributed by atoms with Gasteiger partial charge in [0.1, 0.15) is 5.75 Å². The van der Waals surface area contributed by atoms with Gasteiger partial charge in [-0.25, -0.2) is 4.79 Å². The van der Waals surface area contributed by atoms with Crippen LogP contribution in [0.1, 0.15) is 52.5 Å². The van der Waals surface area contributed by atoms with Gasteiger partial charge in [0.25, 0.3) is 0 Å². The van der Waals surface area contributed by atoms with Gasteiger partial charge in [0, 0.05) is 0 Å². The Morgan fingerprint density at radius 2 is 1.95 bits per heavy atom. The molecule has 0 amide bonds. The number of hydrogen-bond acceptors (Lipinski definition) is 2. The molecule has 1 N–H and O–H groups in total. The van der Waals surface area contributed by atoms with E-state index in [1.807, 2.05) is 12.1 Å². The third-order valence-electron chi connectivity index (χ3n) is 4.43. The highest BCUT2D eigenvalue weighted by atomic mass is 16.5. The van der Waals surface area contributed by atoms with Gasteiger partial charge in [0.05, 0.1) is 0 Å². The van der Waals surface area contributed by atoms with Crippen molar-refractivity contribution in [1.29, 1.82) is 0 Å². The molecule has 1 aromatic rings. The minimum atomic E-state index is -1.20. The Balaban J connectivity index is 2.13. The van der Waals surface area contributed by atoms with Crippen LogP contribution in [0.4, 0.5) is 0 Å². The van der Waals surface area contributed by atoms with Gasteiger partial charge in [0.15, 0.2) is 5.60 Å². The normalized spacial score (nSPS) is 26.5. The molecule has 0 spiro atoms. The molecule has 0 bridgehead atoms. The number of aliphatic carboxylic acids is 1. The average Bonchev–Trinajstić information content (AvgIpc) is 2.70. The van der Waals surface area contributed by atoms with Crippen LogP contribution < -0.4 is 4.74 Å². The molecule has 1 aromatic carbocycles. The number of rotatable bonds is 4. The van der Waals surface area contributed by atoms with E-state index >= 15 is 0 Å². The third kappa shape index (κ3) is 2.97. The van der Waals surface area contributed by atoms with Crippen LogP contribution in [0.3, 0.4) is 0 Å². The topological polar surface area (TPSA) is 46.5 Å². The zero-order chi connectivity index (χ0) is 15.0. The second-order valence-electron chi connectivity index (χ2n) is 6.85. The van der Waals surface area contributed by atoms with Crippen LogP contribution in [0.25, 0.3) is 0 Å². The predicted molar refractivity (Wildman–Crippen MR) is 79.2 cm³/mol. The highest BCUT2D eigenvalue weighted by Crippen LogP contribution is 2.43. The van der Waals surface area contributed by atoms with Gasteiger partial charge < -0.3 is 9.84 Å². The first kappa shape index (κ1) is 14.9. The van der Waals surface area contributed by atoms with Gasteiger partial charge in [-0.2, -0.15) is 0 Å². The summed E-state index contributed by atoms with van der Waals surface area (Å²) >= 11 is 0. The molecule has 20 heavy (non-hydrogen) atoms. The fraction of sp³-hybridized carbons (Fsp3) is 0.588. The van der Waals surface area contributed by atoms with E-state index in [4.69, 9.17) is 9.84 Å². The average molecular weight is 276 g/mol. The van der Waals surface area contributed by atoms with Crippen LogP contribution in [0, 0.1) is 5.92 Å². The predicted octanol–water partition coefficient (Wildman–Crippen LogP) is 4.01.